The topological polar surface area (TPSA) is 137 Å². The van der Waals surface area contributed by atoms with Crippen LogP contribution in [-0.4, -0.2) is 53.1 Å². The first-order valence-corrected chi connectivity index (χ1v) is 13.6. The SMILES string of the molecule is Cc1c(C(=O)N2CCCC2)nn(-c2cccc(Cl)c2)c1Oc1ccc([N+](=O)[O-])cc1S(=O)(=O)NC1CC1. The van der Waals surface area contributed by atoms with Crippen LogP contribution < -0.4 is 9.46 Å². The fraction of sp³-hybridized carbons (Fsp3) is 0.333. The maximum absolute atomic E-state index is 13.2. The highest BCUT2D eigenvalue weighted by Crippen LogP contribution is 2.37. The molecule has 0 unspecified atom stereocenters. The summed E-state index contributed by atoms with van der Waals surface area (Å²) in [5, 5.41) is 16.3. The third-order valence-electron chi connectivity index (χ3n) is 6.25. The molecule has 2 fully saturated rings. The second-order valence-electron chi connectivity index (χ2n) is 9.06. The van der Waals surface area contributed by atoms with Crippen molar-refractivity contribution in [1.29, 1.82) is 0 Å². The van der Waals surface area contributed by atoms with Crippen LogP contribution in [0, 0.1) is 17.0 Å². The Balaban J connectivity index is 1.63. The molecule has 2 aliphatic rings. The third kappa shape index (κ3) is 5.17. The maximum atomic E-state index is 13.2. The van der Waals surface area contributed by atoms with Crippen molar-refractivity contribution < 1.29 is 22.9 Å². The van der Waals surface area contributed by atoms with E-state index in [2.05, 4.69) is 9.82 Å². The summed E-state index contributed by atoms with van der Waals surface area (Å²) in [6.45, 7) is 2.90. The lowest BCUT2D eigenvalue weighted by Crippen LogP contribution is -2.28. The van der Waals surface area contributed by atoms with E-state index in [1.54, 1.807) is 36.1 Å². The van der Waals surface area contributed by atoms with Gasteiger partial charge in [-0.1, -0.05) is 17.7 Å². The van der Waals surface area contributed by atoms with Gasteiger partial charge in [-0.25, -0.2) is 13.1 Å². The van der Waals surface area contributed by atoms with E-state index in [0.29, 0.717) is 42.2 Å². The van der Waals surface area contributed by atoms with Gasteiger partial charge >= 0.3 is 0 Å². The number of non-ortho nitro benzene ring substituents is 1. The van der Waals surface area contributed by atoms with Gasteiger partial charge in [0.05, 0.1) is 10.6 Å². The van der Waals surface area contributed by atoms with E-state index in [1.807, 2.05) is 0 Å². The molecule has 37 heavy (non-hydrogen) atoms. The number of aromatic nitrogens is 2. The minimum absolute atomic E-state index is 0.0986. The van der Waals surface area contributed by atoms with Crippen LogP contribution in [0.4, 0.5) is 5.69 Å². The quantitative estimate of drug-likeness (QED) is 0.330. The van der Waals surface area contributed by atoms with Gasteiger partial charge in [-0.3, -0.25) is 14.9 Å². The van der Waals surface area contributed by atoms with Crippen LogP contribution >= 0.6 is 11.6 Å². The molecule has 11 nitrogen and oxygen atoms in total. The molecule has 3 aromatic rings. The molecule has 5 rings (SSSR count). The molecule has 1 amide bonds. The second-order valence-corrected chi connectivity index (χ2v) is 11.2. The van der Waals surface area contributed by atoms with E-state index < -0.39 is 20.6 Å². The average Bonchev–Trinajstić information content (AvgIpc) is 3.36. The molecule has 0 atom stereocenters. The predicted molar refractivity (Wildman–Crippen MR) is 135 cm³/mol. The van der Waals surface area contributed by atoms with Gasteiger partial charge in [0.15, 0.2) is 5.69 Å². The highest BCUT2D eigenvalue weighted by Gasteiger charge is 2.33. The summed E-state index contributed by atoms with van der Waals surface area (Å²) in [4.78, 5) is 25.3. The number of carbonyl (C=O) groups excluding carboxylic acids is 1. The minimum atomic E-state index is -4.13. The summed E-state index contributed by atoms with van der Waals surface area (Å²) < 4.78 is 36.3. The van der Waals surface area contributed by atoms with Crippen LogP contribution in [0.3, 0.4) is 0 Å². The summed E-state index contributed by atoms with van der Waals surface area (Å²) in [5.41, 5.74) is 0.662. The number of nitrogens with zero attached hydrogens (tertiary/aromatic N) is 4. The van der Waals surface area contributed by atoms with E-state index >= 15 is 0 Å². The van der Waals surface area contributed by atoms with Crippen LogP contribution in [0.15, 0.2) is 47.4 Å². The zero-order chi connectivity index (χ0) is 26.3. The van der Waals surface area contributed by atoms with Gasteiger partial charge in [-0.05, 0) is 56.9 Å². The van der Waals surface area contributed by atoms with Gasteiger partial charge in [0.1, 0.15) is 10.6 Å². The normalized spacial score (nSPS) is 15.7. The maximum Gasteiger partial charge on any atom is 0.274 e. The molecule has 1 saturated heterocycles. The van der Waals surface area contributed by atoms with Crippen molar-refractivity contribution in [2.45, 2.75) is 43.5 Å². The number of nitrogens with one attached hydrogen (secondary N) is 1. The van der Waals surface area contributed by atoms with Crippen LogP contribution in [0.2, 0.25) is 5.02 Å². The molecule has 1 saturated carbocycles. The monoisotopic (exact) mass is 545 g/mol. The fourth-order valence-corrected chi connectivity index (χ4v) is 5.79. The third-order valence-corrected chi connectivity index (χ3v) is 8.03. The first kappa shape index (κ1) is 25.2. The number of hydrogen-bond acceptors (Lipinski definition) is 7. The molecular formula is C24H24ClN5O6S. The number of hydrogen-bond donors (Lipinski definition) is 1. The minimum Gasteiger partial charge on any atom is -0.437 e. The number of amides is 1. The first-order chi connectivity index (χ1) is 17.6. The summed E-state index contributed by atoms with van der Waals surface area (Å²) >= 11 is 6.20. The van der Waals surface area contributed by atoms with Gasteiger partial charge in [0, 0.05) is 41.9 Å². The molecule has 0 bridgehead atoms. The molecule has 13 heteroatoms. The number of ether oxygens (including phenoxy) is 1. The van der Waals surface area contributed by atoms with Crippen LogP contribution in [0.5, 0.6) is 11.6 Å². The second kappa shape index (κ2) is 9.77. The van der Waals surface area contributed by atoms with Gasteiger partial charge < -0.3 is 9.64 Å². The molecule has 2 aromatic carbocycles. The summed E-state index contributed by atoms with van der Waals surface area (Å²) in [7, 11) is -4.13. The number of benzene rings is 2. The predicted octanol–water partition coefficient (Wildman–Crippen LogP) is 4.21. The van der Waals surface area contributed by atoms with Gasteiger partial charge in [0.25, 0.3) is 11.6 Å². The molecule has 1 aliphatic carbocycles. The zero-order valence-corrected chi connectivity index (χ0v) is 21.5. The smallest absolute Gasteiger partial charge is 0.274 e. The van der Waals surface area contributed by atoms with Crippen molar-refractivity contribution in [3.8, 4) is 17.3 Å². The Kier molecular flexibility index (Phi) is 6.65. The Morgan fingerprint density at radius 3 is 2.57 bits per heavy atom. The molecule has 0 radical (unpaired) electrons. The highest BCUT2D eigenvalue weighted by atomic mass is 35.5. The Bertz CT molecular complexity index is 1500. The highest BCUT2D eigenvalue weighted by molar-refractivity contribution is 7.89. The Labute approximate surface area is 218 Å². The Hall–Kier alpha value is -3.48. The van der Waals surface area contributed by atoms with Gasteiger partial charge in [0.2, 0.25) is 15.9 Å². The van der Waals surface area contributed by atoms with Crippen LogP contribution in [0.25, 0.3) is 5.69 Å². The van der Waals surface area contributed by atoms with Crippen molar-refractivity contribution in [2.24, 2.45) is 0 Å². The van der Waals surface area contributed by atoms with E-state index in [0.717, 1.165) is 25.0 Å². The van der Waals surface area contributed by atoms with E-state index in [-0.39, 0.29) is 34.2 Å². The molecule has 1 aromatic heterocycles. The van der Waals surface area contributed by atoms with E-state index in [1.165, 1.54) is 10.7 Å². The number of sulfonamides is 1. The lowest BCUT2D eigenvalue weighted by atomic mass is 10.2. The summed E-state index contributed by atoms with van der Waals surface area (Å²) in [5.74, 6) is -0.292. The van der Waals surface area contributed by atoms with Crippen molar-refractivity contribution >= 4 is 33.2 Å². The summed E-state index contributed by atoms with van der Waals surface area (Å²) in [6.07, 6.45) is 3.18. The first-order valence-electron chi connectivity index (χ1n) is 11.8. The van der Waals surface area contributed by atoms with Crippen molar-refractivity contribution in [3.05, 3.63) is 68.9 Å². The van der Waals surface area contributed by atoms with Crippen LogP contribution in [0.1, 0.15) is 41.7 Å². The zero-order valence-electron chi connectivity index (χ0n) is 19.9. The number of halogens is 1. The standard InChI is InChI=1S/C24H24ClN5O6S/c1-15-22(23(31)28-11-2-3-12-28)26-29(18-6-4-5-16(25)13-18)24(15)36-20-10-9-19(30(32)33)14-21(20)37(34,35)27-17-7-8-17/h4-6,9-10,13-14,17,27H,2-3,7-8,11-12H2,1H3. The molecule has 1 aliphatic heterocycles. The van der Waals surface area contributed by atoms with Crippen molar-refractivity contribution in [2.75, 3.05) is 13.1 Å². The average molecular weight is 546 g/mol. The molecular weight excluding hydrogens is 522 g/mol. The molecule has 0 spiro atoms. The number of rotatable bonds is 8. The lowest BCUT2D eigenvalue weighted by Gasteiger charge is -2.14. The lowest BCUT2D eigenvalue weighted by molar-refractivity contribution is -0.385. The number of nitro groups is 1. The molecule has 1 N–H and O–H groups in total. The molecule has 2 heterocycles. The number of nitro benzene ring substituents is 1. The van der Waals surface area contributed by atoms with Gasteiger partial charge in [-0.15, -0.1) is 0 Å². The largest absolute Gasteiger partial charge is 0.437 e. The van der Waals surface area contributed by atoms with E-state index in [4.69, 9.17) is 16.3 Å². The number of likely N-dealkylation sites (tertiary alicyclic amines) is 1. The van der Waals surface area contributed by atoms with Gasteiger partial charge in [-0.2, -0.15) is 9.78 Å². The molecule has 194 valence electrons. The fourth-order valence-electron chi connectivity index (χ4n) is 4.15. The van der Waals surface area contributed by atoms with Crippen molar-refractivity contribution in [3.63, 3.8) is 0 Å². The van der Waals surface area contributed by atoms with Crippen molar-refractivity contribution in [1.82, 2.24) is 19.4 Å². The van der Waals surface area contributed by atoms with E-state index in [9.17, 15) is 23.3 Å². The van der Waals surface area contributed by atoms with Crippen LogP contribution in [-0.2, 0) is 10.0 Å². The number of carbonyl (C=O) groups is 1. The Morgan fingerprint density at radius 2 is 1.92 bits per heavy atom. The Morgan fingerprint density at radius 1 is 1.19 bits per heavy atom. The summed E-state index contributed by atoms with van der Waals surface area (Å²) in [6, 6.07) is 9.88.